The second-order valence-electron chi connectivity index (χ2n) is 5.03. The van der Waals surface area contributed by atoms with E-state index in [1.54, 1.807) is 12.3 Å². The monoisotopic (exact) mass is 300 g/mol. The molecule has 0 saturated carbocycles. The Kier molecular flexibility index (Phi) is 5.43. The van der Waals surface area contributed by atoms with Gasteiger partial charge in [0.15, 0.2) is 0 Å². The molecule has 4 N–H and O–H groups in total. The van der Waals surface area contributed by atoms with Crippen LogP contribution in [0.25, 0.3) is 0 Å². The molecule has 2 rings (SSSR count). The van der Waals surface area contributed by atoms with Gasteiger partial charge in [-0.1, -0.05) is 19.1 Å². The number of anilines is 2. The lowest BCUT2D eigenvalue weighted by molar-refractivity contribution is -0.137. The Bertz CT molecular complexity index is 628. The highest BCUT2D eigenvalue weighted by Crippen LogP contribution is 2.22. The minimum absolute atomic E-state index is 0.0676. The first kappa shape index (κ1) is 15.9. The summed E-state index contributed by atoms with van der Waals surface area (Å²) < 4.78 is 0. The highest BCUT2D eigenvalue weighted by Gasteiger charge is 2.15. The zero-order valence-corrected chi connectivity index (χ0v) is 12.5. The average Bonchev–Trinajstić information content (AvgIpc) is 2.53. The number of carboxylic acid groups (broad SMARTS) is 1. The summed E-state index contributed by atoms with van der Waals surface area (Å²) in [6.45, 7) is 2.45. The summed E-state index contributed by atoms with van der Waals surface area (Å²) in [6.07, 6.45) is 2.43. The average molecular weight is 300 g/mol. The third kappa shape index (κ3) is 4.26. The summed E-state index contributed by atoms with van der Waals surface area (Å²) >= 11 is 0. The van der Waals surface area contributed by atoms with E-state index in [0.29, 0.717) is 18.9 Å². The fourth-order valence-electron chi connectivity index (χ4n) is 2.18. The van der Waals surface area contributed by atoms with Crippen molar-refractivity contribution >= 4 is 17.6 Å². The SMILES string of the molecule is CCC(CC(=O)O)c1ccnc(Nc2ccc(CN)cc2)n1. The van der Waals surface area contributed by atoms with E-state index in [-0.39, 0.29) is 12.3 Å². The van der Waals surface area contributed by atoms with Crippen molar-refractivity contribution in [2.75, 3.05) is 5.32 Å². The van der Waals surface area contributed by atoms with Gasteiger partial charge in [-0.25, -0.2) is 9.97 Å². The summed E-state index contributed by atoms with van der Waals surface area (Å²) in [7, 11) is 0. The fraction of sp³-hybridized carbons (Fsp3) is 0.312. The molecule has 2 aromatic rings. The molecule has 1 aromatic heterocycles. The maximum Gasteiger partial charge on any atom is 0.304 e. The number of aliphatic carboxylic acids is 1. The Morgan fingerprint density at radius 1 is 1.32 bits per heavy atom. The van der Waals surface area contributed by atoms with Crippen LogP contribution in [0, 0.1) is 0 Å². The summed E-state index contributed by atoms with van der Waals surface area (Å²) in [5, 5.41) is 12.1. The highest BCUT2D eigenvalue weighted by molar-refractivity contribution is 5.68. The van der Waals surface area contributed by atoms with Crippen molar-refractivity contribution in [3.05, 3.63) is 47.8 Å². The number of aromatic nitrogens is 2. The van der Waals surface area contributed by atoms with E-state index < -0.39 is 5.97 Å². The molecule has 6 heteroatoms. The van der Waals surface area contributed by atoms with Gasteiger partial charge in [0, 0.05) is 30.0 Å². The van der Waals surface area contributed by atoms with Crippen LogP contribution in [-0.4, -0.2) is 21.0 Å². The van der Waals surface area contributed by atoms with Crippen molar-refractivity contribution in [3.8, 4) is 0 Å². The number of nitrogens with zero attached hydrogens (tertiary/aromatic N) is 2. The number of nitrogens with two attached hydrogens (primary N) is 1. The molecule has 0 saturated heterocycles. The van der Waals surface area contributed by atoms with Crippen LogP contribution in [-0.2, 0) is 11.3 Å². The van der Waals surface area contributed by atoms with Gasteiger partial charge in [0.2, 0.25) is 5.95 Å². The normalized spacial score (nSPS) is 11.9. The number of carbonyl (C=O) groups is 1. The molecule has 1 heterocycles. The molecule has 0 aliphatic carbocycles. The maximum atomic E-state index is 10.9. The van der Waals surface area contributed by atoms with Crippen LogP contribution in [0.1, 0.15) is 36.9 Å². The van der Waals surface area contributed by atoms with Gasteiger partial charge in [0.1, 0.15) is 0 Å². The van der Waals surface area contributed by atoms with Crippen LogP contribution in [0.3, 0.4) is 0 Å². The Morgan fingerprint density at radius 3 is 2.64 bits per heavy atom. The van der Waals surface area contributed by atoms with Crippen molar-refractivity contribution < 1.29 is 9.90 Å². The second kappa shape index (κ2) is 7.51. The topological polar surface area (TPSA) is 101 Å². The van der Waals surface area contributed by atoms with Gasteiger partial charge in [-0.3, -0.25) is 4.79 Å². The highest BCUT2D eigenvalue weighted by atomic mass is 16.4. The molecule has 6 nitrogen and oxygen atoms in total. The number of benzene rings is 1. The summed E-state index contributed by atoms with van der Waals surface area (Å²) in [4.78, 5) is 19.5. The lowest BCUT2D eigenvalue weighted by atomic mass is 9.98. The van der Waals surface area contributed by atoms with Crippen LogP contribution in [0.4, 0.5) is 11.6 Å². The first-order valence-electron chi connectivity index (χ1n) is 7.23. The summed E-state index contributed by atoms with van der Waals surface area (Å²) in [5.41, 5.74) is 8.22. The molecule has 1 aromatic carbocycles. The molecule has 0 aliphatic heterocycles. The molecular formula is C16H20N4O2. The summed E-state index contributed by atoms with van der Waals surface area (Å²) in [6, 6.07) is 9.45. The molecule has 0 radical (unpaired) electrons. The number of rotatable bonds is 7. The molecule has 0 spiro atoms. The van der Waals surface area contributed by atoms with E-state index in [1.807, 2.05) is 31.2 Å². The van der Waals surface area contributed by atoms with Gasteiger partial charge in [-0.2, -0.15) is 0 Å². The van der Waals surface area contributed by atoms with Crippen LogP contribution < -0.4 is 11.1 Å². The van der Waals surface area contributed by atoms with Gasteiger partial charge in [-0.15, -0.1) is 0 Å². The Labute approximate surface area is 129 Å². The van der Waals surface area contributed by atoms with Crippen LogP contribution in [0.5, 0.6) is 0 Å². The second-order valence-corrected chi connectivity index (χ2v) is 5.03. The molecule has 22 heavy (non-hydrogen) atoms. The van der Waals surface area contributed by atoms with E-state index in [1.165, 1.54) is 0 Å². The molecule has 0 amide bonds. The van der Waals surface area contributed by atoms with E-state index in [9.17, 15) is 4.79 Å². The third-order valence-corrected chi connectivity index (χ3v) is 3.45. The minimum atomic E-state index is -0.822. The standard InChI is InChI=1S/C16H20N4O2/c1-2-12(9-15(21)22)14-7-8-18-16(20-14)19-13-5-3-11(10-17)4-6-13/h3-8,12H,2,9-10,17H2,1H3,(H,21,22)(H,18,19,20). The minimum Gasteiger partial charge on any atom is -0.481 e. The van der Waals surface area contributed by atoms with Crippen molar-refractivity contribution in [3.63, 3.8) is 0 Å². The summed E-state index contributed by atoms with van der Waals surface area (Å²) in [5.74, 6) is -0.472. The predicted molar refractivity (Wildman–Crippen MR) is 84.9 cm³/mol. The van der Waals surface area contributed by atoms with Gasteiger partial charge in [0.05, 0.1) is 6.42 Å². The van der Waals surface area contributed by atoms with Crippen LogP contribution in [0.2, 0.25) is 0 Å². The molecule has 0 aliphatic rings. The van der Waals surface area contributed by atoms with Crippen LogP contribution in [0.15, 0.2) is 36.5 Å². The number of hydrogen-bond acceptors (Lipinski definition) is 5. The Morgan fingerprint density at radius 2 is 2.05 bits per heavy atom. The zero-order valence-electron chi connectivity index (χ0n) is 12.5. The van der Waals surface area contributed by atoms with E-state index in [0.717, 1.165) is 16.9 Å². The molecule has 1 atom stereocenters. The van der Waals surface area contributed by atoms with Crippen LogP contribution >= 0.6 is 0 Å². The lowest BCUT2D eigenvalue weighted by Gasteiger charge is -2.13. The predicted octanol–water partition coefficient (Wildman–Crippen LogP) is 2.65. The van der Waals surface area contributed by atoms with Gasteiger partial charge in [-0.05, 0) is 30.2 Å². The van der Waals surface area contributed by atoms with Crippen molar-refractivity contribution in [2.45, 2.75) is 32.2 Å². The maximum absolute atomic E-state index is 10.9. The van der Waals surface area contributed by atoms with E-state index in [2.05, 4.69) is 15.3 Å². The fourth-order valence-corrected chi connectivity index (χ4v) is 2.18. The van der Waals surface area contributed by atoms with E-state index >= 15 is 0 Å². The number of carboxylic acids is 1. The zero-order chi connectivity index (χ0) is 15.9. The molecule has 1 unspecified atom stereocenters. The largest absolute Gasteiger partial charge is 0.481 e. The quantitative estimate of drug-likeness (QED) is 0.726. The number of hydrogen-bond donors (Lipinski definition) is 3. The first-order chi connectivity index (χ1) is 10.6. The van der Waals surface area contributed by atoms with Crippen molar-refractivity contribution in [1.29, 1.82) is 0 Å². The van der Waals surface area contributed by atoms with Gasteiger partial charge < -0.3 is 16.2 Å². The lowest BCUT2D eigenvalue weighted by Crippen LogP contribution is -2.09. The number of nitrogens with one attached hydrogen (secondary N) is 1. The van der Waals surface area contributed by atoms with Crippen molar-refractivity contribution in [1.82, 2.24) is 9.97 Å². The van der Waals surface area contributed by atoms with E-state index in [4.69, 9.17) is 10.8 Å². The third-order valence-electron chi connectivity index (χ3n) is 3.45. The molecule has 116 valence electrons. The van der Waals surface area contributed by atoms with Gasteiger partial charge >= 0.3 is 5.97 Å². The molecule has 0 bridgehead atoms. The van der Waals surface area contributed by atoms with Gasteiger partial charge in [0.25, 0.3) is 0 Å². The molecular weight excluding hydrogens is 280 g/mol. The Balaban J connectivity index is 2.14. The Hall–Kier alpha value is -2.47. The first-order valence-corrected chi connectivity index (χ1v) is 7.23. The smallest absolute Gasteiger partial charge is 0.304 e. The van der Waals surface area contributed by atoms with Crippen molar-refractivity contribution in [2.24, 2.45) is 5.73 Å². The molecule has 0 fully saturated rings.